The van der Waals surface area contributed by atoms with Crippen molar-refractivity contribution < 1.29 is 42.7 Å². The average molecular weight is 753 g/mol. The summed E-state index contributed by atoms with van der Waals surface area (Å²) in [5.41, 5.74) is 0.416. The molecule has 4 aliphatic rings. The fraction of sp³-hybridized carbons (Fsp3) is 0.615. The zero-order valence-electron chi connectivity index (χ0n) is 31.4. The Morgan fingerprint density at radius 1 is 0.907 bits per heavy atom. The number of piperidine rings is 1. The van der Waals surface area contributed by atoms with Crippen LogP contribution in [0.5, 0.6) is 0 Å². The van der Waals surface area contributed by atoms with Gasteiger partial charge in [0.15, 0.2) is 0 Å². The van der Waals surface area contributed by atoms with E-state index in [0.717, 1.165) is 12.8 Å². The second kappa shape index (κ2) is 18.5. The van der Waals surface area contributed by atoms with E-state index in [9.17, 15) is 38.0 Å². The van der Waals surface area contributed by atoms with Crippen molar-refractivity contribution >= 4 is 41.4 Å². The van der Waals surface area contributed by atoms with Crippen LogP contribution in [0.4, 0.5) is 4.39 Å². The zero-order chi connectivity index (χ0) is 38.9. The summed E-state index contributed by atoms with van der Waals surface area (Å²) in [5, 5.41) is 8.16. The Balaban J connectivity index is 1.48. The number of hydrogen-bond acceptors (Lipinski definition) is 8. The number of rotatable bonds is 9. The molecule has 14 nitrogen and oxygen atoms in total. The topological polar surface area (TPSA) is 175 Å². The number of cyclic esters (lactones) is 1. The van der Waals surface area contributed by atoms with Gasteiger partial charge in [0.05, 0.1) is 0 Å². The smallest absolute Gasteiger partial charge is 0.329 e. The standard InChI is InChI=1S/C39H53FN6O8/c1-4-5-6-7-18-32(47)42-28(23-26-13-10-14-27(40)22-26)34(48)43-33-25(3)54-39(53)31-17-12-21-46(31)36(50)24(2)41-35(49)29-15-8-9-19-44(29)37(51)30-16-11-20-45(30)38(33)52/h7,10,13-14,18,22,24-25,28-31,33H,4-6,8-9,11-12,15-17,19-21,23H2,1-3H3,(H,41,49)(H,42,47)(H,43,48)/b18-7+/t24-,25-,28-,29-,30-,31-,33-/m0/s1. The number of benzene rings is 1. The Morgan fingerprint density at radius 3 is 2.30 bits per heavy atom. The molecular formula is C39H53FN6O8. The van der Waals surface area contributed by atoms with Crippen LogP contribution in [0.15, 0.2) is 36.4 Å². The highest BCUT2D eigenvalue weighted by Crippen LogP contribution is 2.27. The van der Waals surface area contributed by atoms with Crippen LogP contribution in [0.3, 0.4) is 0 Å². The number of nitrogens with zero attached hydrogens (tertiary/aromatic N) is 3. The number of unbranched alkanes of at least 4 members (excludes halogenated alkanes) is 2. The number of halogens is 1. The van der Waals surface area contributed by atoms with Gasteiger partial charge >= 0.3 is 5.97 Å². The highest BCUT2D eigenvalue weighted by atomic mass is 19.1. The van der Waals surface area contributed by atoms with Crippen LogP contribution in [-0.4, -0.2) is 118 Å². The Labute approximate surface area is 315 Å². The molecule has 0 aliphatic carbocycles. The lowest BCUT2D eigenvalue weighted by Gasteiger charge is -2.39. The number of nitrogens with one attached hydrogen (secondary N) is 3. The summed E-state index contributed by atoms with van der Waals surface area (Å²) < 4.78 is 20.1. The lowest BCUT2D eigenvalue weighted by atomic mass is 9.99. The first-order valence-corrected chi connectivity index (χ1v) is 19.3. The number of carbonyl (C=O) groups excluding carboxylic acids is 7. The van der Waals surface area contributed by atoms with Crippen molar-refractivity contribution in [2.75, 3.05) is 19.6 Å². The van der Waals surface area contributed by atoms with E-state index >= 15 is 0 Å². The van der Waals surface area contributed by atoms with E-state index < -0.39 is 89.6 Å². The van der Waals surface area contributed by atoms with Crippen molar-refractivity contribution in [3.8, 4) is 0 Å². The minimum absolute atomic E-state index is 0.117. The van der Waals surface area contributed by atoms with Crippen molar-refractivity contribution in [1.29, 1.82) is 0 Å². The van der Waals surface area contributed by atoms with Crippen LogP contribution in [0.1, 0.15) is 90.5 Å². The molecule has 0 spiro atoms. The lowest BCUT2D eigenvalue weighted by molar-refractivity contribution is -0.163. The van der Waals surface area contributed by atoms with Gasteiger partial charge in [-0.3, -0.25) is 28.8 Å². The number of amides is 6. The number of carbonyl (C=O) groups is 7. The second-order valence-electron chi connectivity index (χ2n) is 14.7. The first-order valence-electron chi connectivity index (χ1n) is 19.3. The van der Waals surface area contributed by atoms with Gasteiger partial charge in [-0.25, -0.2) is 9.18 Å². The quantitative estimate of drug-likeness (QED) is 0.195. The van der Waals surface area contributed by atoms with Gasteiger partial charge in [0.1, 0.15) is 48.2 Å². The Hall–Kier alpha value is -4.82. The first kappa shape index (κ1) is 40.4. The molecule has 7 atom stereocenters. The summed E-state index contributed by atoms with van der Waals surface area (Å²) in [6.45, 7) is 5.76. The van der Waals surface area contributed by atoms with E-state index in [2.05, 4.69) is 16.0 Å². The number of allylic oxidation sites excluding steroid dienone is 1. The Kier molecular flexibility index (Phi) is 13.8. The second-order valence-corrected chi connectivity index (χ2v) is 14.7. The van der Waals surface area contributed by atoms with E-state index in [1.807, 2.05) is 6.92 Å². The van der Waals surface area contributed by atoms with Gasteiger partial charge in [-0.2, -0.15) is 0 Å². The number of fused-ring (bicyclic) bond motifs is 3. The largest absolute Gasteiger partial charge is 0.458 e. The van der Waals surface area contributed by atoms with Crippen molar-refractivity contribution in [2.24, 2.45) is 0 Å². The lowest BCUT2D eigenvalue weighted by Crippen LogP contribution is -2.63. The molecule has 0 bridgehead atoms. The van der Waals surface area contributed by atoms with Crippen molar-refractivity contribution in [3.05, 3.63) is 47.8 Å². The van der Waals surface area contributed by atoms with Gasteiger partial charge in [-0.1, -0.05) is 38.0 Å². The molecule has 0 saturated carbocycles. The summed E-state index contributed by atoms with van der Waals surface area (Å²) in [6, 6.07) is -0.910. The van der Waals surface area contributed by atoms with Gasteiger partial charge < -0.3 is 35.4 Å². The highest BCUT2D eigenvalue weighted by Gasteiger charge is 2.46. The fourth-order valence-corrected chi connectivity index (χ4v) is 7.83. The zero-order valence-corrected chi connectivity index (χ0v) is 31.4. The molecule has 0 unspecified atom stereocenters. The molecule has 5 rings (SSSR count). The van der Waals surface area contributed by atoms with E-state index in [-0.39, 0.29) is 19.5 Å². The van der Waals surface area contributed by atoms with Crippen molar-refractivity contribution in [3.63, 3.8) is 0 Å². The molecule has 4 heterocycles. The summed E-state index contributed by atoms with van der Waals surface area (Å²) in [5.74, 6) is -4.68. The molecule has 1 aromatic carbocycles. The van der Waals surface area contributed by atoms with Crippen LogP contribution < -0.4 is 16.0 Å². The number of ether oxygens (including phenoxy) is 1. The molecule has 0 radical (unpaired) electrons. The van der Waals surface area contributed by atoms with Gasteiger partial charge in [0, 0.05) is 26.1 Å². The SMILES string of the molecule is CCCC/C=C/C(=O)N[C@@H](Cc1cccc(F)c1)C(=O)N[C@@H]1C(=O)N2CCC[C@H]2C(=O)N2CCCC[C@H]2C(=O)N[C@@H](C)C(=O)N2CCC[C@H]2C(=O)O[C@H]1C. The Morgan fingerprint density at radius 2 is 1.57 bits per heavy atom. The summed E-state index contributed by atoms with van der Waals surface area (Å²) in [6.07, 6.45) is 7.46. The molecule has 0 aromatic heterocycles. The van der Waals surface area contributed by atoms with Crippen LogP contribution in [0.25, 0.3) is 0 Å². The fourth-order valence-electron chi connectivity index (χ4n) is 7.83. The molecule has 54 heavy (non-hydrogen) atoms. The molecule has 3 N–H and O–H groups in total. The maximum atomic E-state index is 14.6. The first-order chi connectivity index (χ1) is 25.9. The van der Waals surface area contributed by atoms with Crippen LogP contribution in [0.2, 0.25) is 0 Å². The maximum Gasteiger partial charge on any atom is 0.329 e. The molecule has 294 valence electrons. The summed E-state index contributed by atoms with van der Waals surface area (Å²) in [7, 11) is 0. The third-order valence-electron chi connectivity index (χ3n) is 10.7. The van der Waals surface area contributed by atoms with Crippen molar-refractivity contribution in [2.45, 2.75) is 134 Å². The molecule has 15 heteroatoms. The summed E-state index contributed by atoms with van der Waals surface area (Å²) in [4.78, 5) is 101. The van der Waals surface area contributed by atoms with E-state index in [4.69, 9.17) is 4.74 Å². The minimum Gasteiger partial charge on any atom is -0.458 e. The average Bonchev–Trinajstić information content (AvgIpc) is 3.85. The predicted molar refractivity (Wildman–Crippen MR) is 195 cm³/mol. The molecule has 4 fully saturated rings. The van der Waals surface area contributed by atoms with E-state index in [0.29, 0.717) is 63.5 Å². The van der Waals surface area contributed by atoms with Gasteiger partial charge in [0.2, 0.25) is 35.4 Å². The van der Waals surface area contributed by atoms with Gasteiger partial charge in [-0.15, -0.1) is 0 Å². The molecular weight excluding hydrogens is 699 g/mol. The van der Waals surface area contributed by atoms with E-state index in [1.54, 1.807) is 19.1 Å². The van der Waals surface area contributed by atoms with Crippen LogP contribution >= 0.6 is 0 Å². The van der Waals surface area contributed by atoms with Crippen LogP contribution in [-0.2, 0) is 44.7 Å². The number of esters is 1. The molecule has 1 aromatic rings. The Bertz CT molecular complexity index is 1620. The predicted octanol–water partition coefficient (Wildman–Crippen LogP) is 1.90. The number of hydrogen-bond donors (Lipinski definition) is 3. The highest BCUT2D eigenvalue weighted by molar-refractivity contribution is 5.98. The van der Waals surface area contributed by atoms with Gasteiger partial charge in [0.25, 0.3) is 0 Å². The normalized spacial score (nSPS) is 27.6. The maximum absolute atomic E-state index is 14.6. The van der Waals surface area contributed by atoms with E-state index in [1.165, 1.54) is 45.9 Å². The summed E-state index contributed by atoms with van der Waals surface area (Å²) >= 11 is 0. The third-order valence-corrected chi connectivity index (χ3v) is 10.7. The molecule has 4 saturated heterocycles. The molecule has 6 amide bonds. The van der Waals surface area contributed by atoms with Gasteiger partial charge in [-0.05, 0) is 89.0 Å². The van der Waals surface area contributed by atoms with Crippen molar-refractivity contribution in [1.82, 2.24) is 30.7 Å². The third kappa shape index (κ3) is 9.64. The van der Waals surface area contributed by atoms with Crippen LogP contribution in [0, 0.1) is 5.82 Å². The monoisotopic (exact) mass is 752 g/mol. The minimum atomic E-state index is -1.50. The molecule has 4 aliphatic heterocycles.